The van der Waals surface area contributed by atoms with Crippen molar-refractivity contribution in [1.82, 2.24) is 25.3 Å². The van der Waals surface area contributed by atoms with Gasteiger partial charge in [-0.25, -0.2) is 4.98 Å². The van der Waals surface area contributed by atoms with Crippen LogP contribution in [0.25, 0.3) is 11.6 Å². The van der Waals surface area contributed by atoms with Crippen LogP contribution in [-0.2, 0) is 6.42 Å². The maximum absolute atomic E-state index is 5.17. The molecular formula is C12H11N5O2. The van der Waals surface area contributed by atoms with Crippen LogP contribution in [0.4, 0.5) is 0 Å². The summed E-state index contributed by atoms with van der Waals surface area (Å²) in [6.07, 6.45) is 0.368. The molecule has 19 heavy (non-hydrogen) atoms. The first-order valence-corrected chi connectivity index (χ1v) is 5.76. The van der Waals surface area contributed by atoms with Gasteiger partial charge in [-0.3, -0.25) is 0 Å². The molecule has 7 heteroatoms. The van der Waals surface area contributed by atoms with E-state index in [9.17, 15) is 0 Å². The molecule has 0 fully saturated rings. The van der Waals surface area contributed by atoms with Crippen molar-refractivity contribution in [2.24, 2.45) is 0 Å². The molecule has 0 saturated carbocycles. The molecule has 3 aromatic rings. The summed E-state index contributed by atoms with van der Waals surface area (Å²) in [5, 5.41) is 7.66. The van der Waals surface area contributed by atoms with Gasteiger partial charge in [-0.05, 0) is 19.1 Å². The minimum Gasteiger partial charge on any atom is -0.340 e. The van der Waals surface area contributed by atoms with Gasteiger partial charge in [0.1, 0.15) is 5.69 Å². The number of nitrogens with zero attached hydrogens (tertiary/aromatic N) is 5. The van der Waals surface area contributed by atoms with Gasteiger partial charge in [0, 0.05) is 12.6 Å². The van der Waals surface area contributed by atoms with Crippen LogP contribution in [0.3, 0.4) is 0 Å². The molecule has 96 valence electrons. The lowest BCUT2D eigenvalue weighted by Gasteiger charge is -1.94. The van der Waals surface area contributed by atoms with E-state index in [-0.39, 0.29) is 0 Å². The third-order valence-corrected chi connectivity index (χ3v) is 2.46. The summed E-state index contributed by atoms with van der Waals surface area (Å²) in [7, 11) is 0. The fraction of sp³-hybridized carbons (Fsp3) is 0.250. The standard InChI is InChI=1S/C12H11N5O2/c1-7-4-3-5-9(13-7)12-15-11(17-19-12)6-10-14-8(2)18-16-10/h3-5H,6H2,1-2H3. The zero-order valence-corrected chi connectivity index (χ0v) is 10.5. The van der Waals surface area contributed by atoms with E-state index >= 15 is 0 Å². The molecule has 3 aromatic heterocycles. The second-order valence-corrected chi connectivity index (χ2v) is 4.09. The van der Waals surface area contributed by atoms with E-state index in [1.54, 1.807) is 6.92 Å². The SMILES string of the molecule is Cc1cccc(-c2nc(Cc3noc(C)n3)no2)n1. The molecule has 0 radical (unpaired) electrons. The van der Waals surface area contributed by atoms with E-state index in [1.165, 1.54) is 0 Å². The fourth-order valence-electron chi connectivity index (χ4n) is 1.65. The molecule has 7 nitrogen and oxygen atoms in total. The Morgan fingerprint density at radius 2 is 1.74 bits per heavy atom. The number of hydrogen-bond donors (Lipinski definition) is 0. The zero-order valence-electron chi connectivity index (χ0n) is 10.5. The van der Waals surface area contributed by atoms with Gasteiger partial charge in [0.15, 0.2) is 11.6 Å². The summed E-state index contributed by atoms with van der Waals surface area (Å²) < 4.78 is 10.1. The highest BCUT2D eigenvalue weighted by atomic mass is 16.5. The molecule has 3 rings (SSSR count). The van der Waals surface area contributed by atoms with Crippen molar-refractivity contribution in [1.29, 1.82) is 0 Å². The summed E-state index contributed by atoms with van der Waals surface area (Å²) in [5.74, 6) is 1.93. The smallest absolute Gasteiger partial charge is 0.276 e. The van der Waals surface area contributed by atoms with Crippen molar-refractivity contribution in [3.05, 3.63) is 41.4 Å². The van der Waals surface area contributed by atoms with Crippen LogP contribution in [0.15, 0.2) is 27.2 Å². The number of aromatic nitrogens is 5. The maximum Gasteiger partial charge on any atom is 0.276 e. The highest BCUT2D eigenvalue weighted by Gasteiger charge is 2.13. The molecular weight excluding hydrogens is 246 g/mol. The van der Waals surface area contributed by atoms with Crippen LogP contribution < -0.4 is 0 Å². The predicted molar refractivity (Wildman–Crippen MR) is 64.1 cm³/mol. The Bertz CT molecular complexity index is 703. The van der Waals surface area contributed by atoms with Gasteiger partial charge in [-0.1, -0.05) is 16.4 Å². The van der Waals surface area contributed by atoms with Crippen molar-refractivity contribution in [3.8, 4) is 11.6 Å². The second kappa shape index (κ2) is 4.60. The Morgan fingerprint density at radius 3 is 2.47 bits per heavy atom. The van der Waals surface area contributed by atoms with Gasteiger partial charge in [-0.15, -0.1) is 0 Å². The molecule has 0 saturated heterocycles. The highest BCUT2D eigenvalue weighted by Crippen LogP contribution is 2.15. The van der Waals surface area contributed by atoms with Gasteiger partial charge in [0.05, 0.1) is 6.42 Å². The molecule has 0 N–H and O–H groups in total. The van der Waals surface area contributed by atoms with E-state index in [2.05, 4.69) is 25.3 Å². The normalized spacial score (nSPS) is 10.8. The van der Waals surface area contributed by atoms with E-state index in [0.29, 0.717) is 35.5 Å². The summed E-state index contributed by atoms with van der Waals surface area (Å²) in [6.45, 7) is 3.64. The lowest BCUT2D eigenvalue weighted by Crippen LogP contribution is -1.93. The summed E-state index contributed by atoms with van der Waals surface area (Å²) in [4.78, 5) is 12.7. The summed E-state index contributed by atoms with van der Waals surface area (Å²) in [6, 6.07) is 5.62. The van der Waals surface area contributed by atoms with Crippen LogP contribution >= 0.6 is 0 Å². The van der Waals surface area contributed by atoms with Crippen LogP contribution in [0.2, 0.25) is 0 Å². The monoisotopic (exact) mass is 257 g/mol. The summed E-state index contributed by atoms with van der Waals surface area (Å²) >= 11 is 0. The molecule has 0 aliphatic heterocycles. The molecule has 0 aromatic carbocycles. The van der Waals surface area contributed by atoms with Crippen molar-refractivity contribution >= 4 is 0 Å². The van der Waals surface area contributed by atoms with Crippen molar-refractivity contribution in [2.45, 2.75) is 20.3 Å². The number of pyridine rings is 1. The fourth-order valence-corrected chi connectivity index (χ4v) is 1.65. The Labute approximate surface area is 108 Å². The van der Waals surface area contributed by atoms with Crippen LogP contribution in [-0.4, -0.2) is 25.3 Å². The van der Waals surface area contributed by atoms with Gasteiger partial charge in [0.25, 0.3) is 5.89 Å². The van der Waals surface area contributed by atoms with E-state index in [0.717, 1.165) is 5.69 Å². The maximum atomic E-state index is 5.17. The largest absolute Gasteiger partial charge is 0.340 e. The van der Waals surface area contributed by atoms with E-state index in [1.807, 2.05) is 25.1 Å². The molecule has 0 bridgehead atoms. The molecule has 0 atom stereocenters. The van der Waals surface area contributed by atoms with Gasteiger partial charge in [0.2, 0.25) is 5.89 Å². The minimum atomic E-state index is 0.368. The Hall–Kier alpha value is -2.57. The van der Waals surface area contributed by atoms with Gasteiger partial charge in [-0.2, -0.15) is 9.97 Å². The third kappa shape index (κ3) is 2.49. The topological polar surface area (TPSA) is 90.7 Å². The Morgan fingerprint density at radius 1 is 0.947 bits per heavy atom. The molecule has 0 amide bonds. The zero-order chi connectivity index (χ0) is 13.2. The van der Waals surface area contributed by atoms with Crippen LogP contribution in [0.1, 0.15) is 23.2 Å². The second-order valence-electron chi connectivity index (χ2n) is 4.09. The third-order valence-electron chi connectivity index (χ3n) is 2.46. The molecule has 0 aliphatic rings. The van der Waals surface area contributed by atoms with Gasteiger partial charge < -0.3 is 9.05 Å². The van der Waals surface area contributed by atoms with E-state index in [4.69, 9.17) is 9.05 Å². The minimum absolute atomic E-state index is 0.368. The first-order chi connectivity index (χ1) is 9.20. The first kappa shape index (κ1) is 11.5. The lowest BCUT2D eigenvalue weighted by molar-refractivity contribution is 0.387. The highest BCUT2D eigenvalue weighted by molar-refractivity contribution is 5.46. The predicted octanol–water partition coefficient (Wildman–Crippen LogP) is 1.72. The van der Waals surface area contributed by atoms with E-state index < -0.39 is 0 Å². The number of rotatable bonds is 3. The molecule has 0 unspecified atom stereocenters. The quantitative estimate of drug-likeness (QED) is 0.705. The van der Waals surface area contributed by atoms with Crippen LogP contribution in [0, 0.1) is 13.8 Å². The van der Waals surface area contributed by atoms with Crippen LogP contribution in [0.5, 0.6) is 0 Å². The average Bonchev–Trinajstić information content (AvgIpc) is 2.99. The average molecular weight is 257 g/mol. The molecule has 0 spiro atoms. The number of hydrogen-bond acceptors (Lipinski definition) is 7. The Kier molecular flexibility index (Phi) is 2.79. The number of aryl methyl sites for hydroxylation is 2. The molecule has 0 aliphatic carbocycles. The lowest BCUT2D eigenvalue weighted by atomic mass is 10.3. The Balaban J connectivity index is 1.83. The molecule has 3 heterocycles. The van der Waals surface area contributed by atoms with Crippen molar-refractivity contribution in [2.75, 3.05) is 0 Å². The van der Waals surface area contributed by atoms with Crippen molar-refractivity contribution in [3.63, 3.8) is 0 Å². The summed E-state index contributed by atoms with van der Waals surface area (Å²) in [5.41, 5.74) is 1.55. The van der Waals surface area contributed by atoms with Crippen molar-refractivity contribution < 1.29 is 9.05 Å². The van der Waals surface area contributed by atoms with Gasteiger partial charge >= 0.3 is 0 Å². The first-order valence-electron chi connectivity index (χ1n) is 5.76.